The van der Waals surface area contributed by atoms with Gasteiger partial charge in [-0.1, -0.05) is 11.8 Å². The van der Waals surface area contributed by atoms with Crippen molar-refractivity contribution in [3.8, 4) is 0 Å². The zero-order valence-corrected chi connectivity index (χ0v) is 14.1. The van der Waals surface area contributed by atoms with Crippen LogP contribution in [0.2, 0.25) is 0 Å². The van der Waals surface area contributed by atoms with Gasteiger partial charge in [0.2, 0.25) is 0 Å². The van der Waals surface area contributed by atoms with Gasteiger partial charge in [-0.05, 0) is 44.0 Å². The monoisotopic (exact) mass is 334 g/mol. The molecule has 1 fully saturated rings. The van der Waals surface area contributed by atoms with Crippen molar-refractivity contribution in [2.75, 3.05) is 19.6 Å². The van der Waals surface area contributed by atoms with Crippen molar-refractivity contribution in [1.29, 1.82) is 0 Å². The van der Waals surface area contributed by atoms with E-state index in [0.717, 1.165) is 30.4 Å². The zero-order valence-electron chi connectivity index (χ0n) is 13.2. The van der Waals surface area contributed by atoms with Gasteiger partial charge in [0.25, 0.3) is 5.91 Å². The van der Waals surface area contributed by atoms with Gasteiger partial charge in [0, 0.05) is 26.0 Å². The fourth-order valence-electron chi connectivity index (χ4n) is 2.63. The van der Waals surface area contributed by atoms with E-state index < -0.39 is 0 Å². The normalized spacial score (nSPS) is 18.0. The second-order valence-corrected chi connectivity index (χ2v) is 6.74. The standard InChI is InChI=1S/C16H22N4O2S/c1-20-8-7-18-16(20)23-11-13-4-5-14(22-13)15(21)19-10-12-3-2-6-17-9-12/h4-5,7-8,12,17H,2-3,6,9-11H2,1H3,(H,19,21). The molecule has 0 aromatic carbocycles. The Kier molecular flexibility index (Phi) is 5.40. The van der Waals surface area contributed by atoms with Gasteiger partial charge in [-0.25, -0.2) is 4.98 Å². The topological polar surface area (TPSA) is 72.1 Å². The van der Waals surface area contributed by atoms with Crippen molar-refractivity contribution in [2.45, 2.75) is 23.8 Å². The first-order valence-electron chi connectivity index (χ1n) is 7.90. The van der Waals surface area contributed by atoms with Crippen molar-refractivity contribution >= 4 is 17.7 Å². The van der Waals surface area contributed by atoms with Crippen LogP contribution in [0.25, 0.3) is 0 Å². The quantitative estimate of drug-likeness (QED) is 0.791. The van der Waals surface area contributed by atoms with Gasteiger partial charge in [0.1, 0.15) is 5.76 Å². The third kappa shape index (κ3) is 4.39. The Morgan fingerprint density at radius 1 is 1.57 bits per heavy atom. The molecule has 2 N–H and O–H groups in total. The minimum atomic E-state index is -0.135. The number of hydrogen-bond acceptors (Lipinski definition) is 5. The number of imidazole rings is 1. The van der Waals surface area contributed by atoms with Crippen LogP contribution >= 0.6 is 11.8 Å². The van der Waals surface area contributed by atoms with E-state index in [4.69, 9.17) is 4.42 Å². The Labute approximate surface area is 140 Å². The molecule has 0 bridgehead atoms. The molecule has 1 aliphatic rings. The Balaban J connectivity index is 1.47. The molecule has 0 saturated carbocycles. The van der Waals surface area contributed by atoms with Gasteiger partial charge < -0.3 is 19.6 Å². The average Bonchev–Trinajstić information content (AvgIpc) is 3.20. The van der Waals surface area contributed by atoms with Crippen LogP contribution in [-0.2, 0) is 12.8 Å². The van der Waals surface area contributed by atoms with Crippen molar-refractivity contribution in [1.82, 2.24) is 20.2 Å². The number of carbonyl (C=O) groups is 1. The van der Waals surface area contributed by atoms with Gasteiger partial charge >= 0.3 is 0 Å². The molecule has 0 radical (unpaired) electrons. The maximum absolute atomic E-state index is 12.1. The van der Waals surface area contributed by atoms with E-state index in [-0.39, 0.29) is 5.91 Å². The van der Waals surface area contributed by atoms with Gasteiger partial charge in [0.05, 0.1) is 5.75 Å². The minimum absolute atomic E-state index is 0.135. The molecule has 1 aliphatic heterocycles. The molecular formula is C16H22N4O2S. The van der Waals surface area contributed by atoms with E-state index >= 15 is 0 Å². The number of carbonyl (C=O) groups excluding carboxylic acids is 1. The van der Waals surface area contributed by atoms with Crippen LogP contribution in [0.15, 0.2) is 34.1 Å². The molecule has 1 amide bonds. The third-order valence-electron chi connectivity index (χ3n) is 3.96. The van der Waals surface area contributed by atoms with Gasteiger partial charge in [0.15, 0.2) is 10.9 Å². The molecule has 124 valence electrons. The summed E-state index contributed by atoms with van der Waals surface area (Å²) in [5.74, 6) is 2.20. The van der Waals surface area contributed by atoms with Crippen molar-refractivity contribution < 1.29 is 9.21 Å². The van der Waals surface area contributed by atoms with Gasteiger partial charge in [-0.15, -0.1) is 0 Å². The summed E-state index contributed by atoms with van der Waals surface area (Å²) >= 11 is 1.59. The lowest BCUT2D eigenvalue weighted by molar-refractivity contribution is 0.0915. The highest BCUT2D eigenvalue weighted by molar-refractivity contribution is 7.98. The number of piperidine rings is 1. The van der Waals surface area contributed by atoms with E-state index in [9.17, 15) is 4.79 Å². The Morgan fingerprint density at radius 2 is 2.48 bits per heavy atom. The molecule has 1 atom stereocenters. The number of furan rings is 1. The molecule has 1 unspecified atom stereocenters. The van der Waals surface area contributed by atoms with Gasteiger partial charge in [-0.3, -0.25) is 4.79 Å². The van der Waals surface area contributed by atoms with Crippen LogP contribution in [0.1, 0.15) is 29.2 Å². The molecule has 2 aromatic heterocycles. The lowest BCUT2D eigenvalue weighted by Crippen LogP contribution is -2.38. The van der Waals surface area contributed by atoms with E-state index in [1.165, 1.54) is 6.42 Å². The highest BCUT2D eigenvalue weighted by atomic mass is 32.2. The van der Waals surface area contributed by atoms with Crippen LogP contribution in [0.4, 0.5) is 0 Å². The predicted octanol–water partition coefficient (Wildman–Crippen LogP) is 2.03. The number of aromatic nitrogens is 2. The second kappa shape index (κ2) is 7.70. The van der Waals surface area contributed by atoms with E-state index in [1.54, 1.807) is 24.0 Å². The summed E-state index contributed by atoms with van der Waals surface area (Å²) in [6.07, 6.45) is 6.01. The number of hydrogen-bond donors (Lipinski definition) is 2. The SMILES string of the molecule is Cn1ccnc1SCc1ccc(C(=O)NCC2CCCNC2)o1. The van der Waals surface area contributed by atoms with Crippen LogP contribution in [0, 0.1) is 5.92 Å². The molecule has 0 aliphatic carbocycles. The fraction of sp³-hybridized carbons (Fsp3) is 0.500. The number of amides is 1. The summed E-state index contributed by atoms with van der Waals surface area (Å²) in [6.45, 7) is 2.76. The summed E-state index contributed by atoms with van der Waals surface area (Å²) < 4.78 is 7.60. The van der Waals surface area contributed by atoms with Crippen LogP contribution in [0.5, 0.6) is 0 Å². The molecule has 7 heteroatoms. The molecule has 0 spiro atoms. The van der Waals surface area contributed by atoms with E-state index in [0.29, 0.717) is 24.0 Å². The van der Waals surface area contributed by atoms with Crippen LogP contribution in [0.3, 0.4) is 0 Å². The highest BCUT2D eigenvalue weighted by Gasteiger charge is 2.16. The molecule has 3 heterocycles. The number of aryl methyl sites for hydroxylation is 1. The molecule has 6 nitrogen and oxygen atoms in total. The summed E-state index contributed by atoms with van der Waals surface area (Å²) in [6, 6.07) is 3.59. The zero-order chi connectivity index (χ0) is 16.1. The van der Waals surface area contributed by atoms with Crippen molar-refractivity contribution in [2.24, 2.45) is 13.0 Å². The first kappa shape index (κ1) is 16.1. The number of rotatable bonds is 6. The Morgan fingerprint density at radius 3 is 3.22 bits per heavy atom. The van der Waals surface area contributed by atoms with E-state index in [2.05, 4.69) is 15.6 Å². The number of thioether (sulfide) groups is 1. The summed E-state index contributed by atoms with van der Waals surface area (Å²) in [5, 5.41) is 7.24. The highest BCUT2D eigenvalue weighted by Crippen LogP contribution is 2.21. The third-order valence-corrected chi connectivity index (χ3v) is 5.04. The molecular weight excluding hydrogens is 312 g/mol. The molecule has 2 aromatic rings. The van der Waals surface area contributed by atoms with E-state index in [1.807, 2.05) is 23.9 Å². The first-order valence-corrected chi connectivity index (χ1v) is 8.88. The van der Waals surface area contributed by atoms with Crippen LogP contribution in [-0.4, -0.2) is 35.1 Å². The second-order valence-electron chi connectivity index (χ2n) is 5.80. The largest absolute Gasteiger partial charge is 0.455 e. The lowest BCUT2D eigenvalue weighted by Gasteiger charge is -2.22. The predicted molar refractivity (Wildman–Crippen MR) is 89.4 cm³/mol. The average molecular weight is 334 g/mol. The molecule has 23 heavy (non-hydrogen) atoms. The summed E-state index contributed by atoms with van der Waals surface area (Å²) in [4.78, 5) is 16.4. The number of nitrogens with one attached hydrogen (secondary N) is 2. The maximum atomic E-state index is 12.1. The smallest absolute Gasteiger partial charge is 0.287 e. The minimum Gasteiger partial charge on any atom is -0.455 e. The summed E-state index contributed by atoms with van der Waals surface area (Å²) in [7, 11) is 1.95. The molecule has 1 saturated heterocycles. The Bertz CT molecular complexity index is 646. The maximum Gasteiger partial charge on any atom is 0.287 e. The van der Waals surface area contributed by atoms with Crippen molar-refractivity contribution in [3.05, 3.63) is 36.0 Å². The molecule has 3 rings (SSSR count). The van der Waals surface area contributed by atoms with Crippen LogP contribution < -0.4 is 10.6 Å². The van der Waals surface area contributed by atoms with Crippen molar-refractivity contribution in [3.63, 3.8) is 0 Å². The number of nitrogens with zero attached hydrogens (tertiary/aromatic N) is 2. The lowest BCUT2D eigenvalue weighted by atomic mass is 10.00. The summed E-state index contributed by atoms with van der Waals surface area (Å²) in [5.41, 5.74) is 0. The fourth-order valence-corrected chi connectivity index (χ4v) is 3.45. The first-order chi connectivity index (χ1) is 11.2. The Hall–Kier alpha value is -1.73. The van der Waals surface area contributed by atoms with Gasteiger partial charge in [-0.2, -0.15) is 0 Å².